The number of carboxylic acid groups (broad SMARTS) is 1. The van der Waals surface area contributed by atoms with E-state index in [9.17, 15) is 9.90 Å². The summed E-state index contributed by atoms with van der Waals surface area (Å²) in [7, 11) is 0. The van der Waals surface area contributed by atoms with Gasteiger partial charge < -0.3 is 14.9 Å². The third-order valence-corrected chi connectivity index (χ3v) is 6.81. The van der Waals surface area contributed by atoms with Crippen molar-refractivity contribution >= 4 is 33.3 Å². The van der Waals surface area contributed by atoms with Gasteiger partial charge in [-0.25, -0.2) is 0 Å². The molecule has 154 valence electrons. The van der Waals surface area contributed by atoms with Gasteiger partial charge >= 0.3 is 5.97 Å². The zero-order valence-electron chi connectivity index (χ0n) is 17.0. The predicted molar refractivity (Wildman–Crippen MR) is 121 cm³/mol. The number of aryl methyl sites for hydroxylation is 3. The van der Waals surface area contributed by atoms with Gasteiger partial charge in [0.15, 0.2) is 0 Å². The van der Waals surface area contributed by atoms with Crippen LogP contribution in [0.25, 0.3) is 0 Å². The lowest BCUT2D eigenvalue weighted by atomic mass is 9.97. The number of halogens is 1. The van der Waals surface area contributed by atoms with Crippen molar-refractivity contribution in [3.63, 3.8) is 0 Å². The summed E-state index contributed by atoms with van der Waals surface area (Å²) in [6.07, 6.45) is 4.75. The molecule has 0 atom stereocenters. The van der Waals surface area contributed by atoms with Crippen LogP contribution in [0, 0.1) is 12.8 Å². The molecule has 2 heterocycles. The van der Waals surface area contributed by atoms with E-state index in [0.29, 0.717) is 0 Å². The van der Waals surface area contributed by atoms with Gasteiger partial charge in [-0.15, -0.1) is 0 Å². The standard InChI is InChI=1S/C24H29BrN2O2/c1-17-3-7-22-19(15-17)4-5-20-16-21(25)6-8-23(20)27(22)12-2-11-26-13-9-18(10-14-26)24(28)29/h3,6-8,15-16,18H,2,4-5,9-14H2,1H3,(H,28,29). The minimum Gasteiger partial charge on any atom is -0.481 e. The van der Waals surface area contributed by atoms with Crippen molar-refractivity contribution < 1.29 is 9.90 Å². The van der Waals surface area contributed by atoms with E-state index in [4.69, 9.17) is 0 Å². The monoisotopic (exact) mass is 456 g/mol. The van der Waals surface area contributed by atoms with Crippen molar-refractivity contribution in [2.75, 3.05) is 31.1 Å². The summed E-state index contributed by atoms with van der Waals surface area (Å²) in [6, 6.07) is 13.5. The van der Waals surface area contributed by atoms with Crippen LogP contribution in [0.15, 0.2) is 40.9 Å². The van der Waals surface area contributed by atoms with Crippen LogP contribution in [0.5, 0.6) is 0 Å². The van der Waals surface area contributed by atoms with Crippen molar-refractivity contribution in [1.29, 1.82) is 0 Å². The molecule has 0 aliphatic carbocycles. The lowest BCUT2D eigenvalue weighted by Crippen LogP contribution is -2.37. The van der Waals surface area contributed by atoms with E-state index in [-0.39, 0.29) is 5.92 Å². The van der Waals surface area contributed by atoms with Gasteiger partial charge in [-0.05, 0) is 94.1 Å². The minimum absolute atomic E-state index is 0.155. The predicted octanol–water partition coefficient (Wildman–Crippen LogP) is 5.18. The number of rotatable bonds is 5. The summed E-state index contributed by atoms with van der Waals surface area (Å²) in [5.74, 6) is -0.791. The molecule has 1 saturated heterocycles. The lowest BCUT2D eigenvalue weighted by Gasteiger charge is -2.32. The third-order valence-electron chi connectivity index (χ3n) is 6.31. The van der Waals surface area contributed by atoms with Crippen molar-refractivity contribution in [2.24, 2.45) is 5.92 Å². The molecule has 29 heavy (non-hydrogen) atoms. The quantitative estimate of drug-likeness (QED) is 0.672. The van der Waals surface area contributed by atoms with E-state index in [0.717, 1.165) is 62.8 Å². The summed E-state index contributed by atoms with van der Waals surface area (Å²) in [5.41, 5.74) is 6.80. The maximum Gasteiger partial charge on any atom is 0.306 e. The molecule has 2 aromatic carbocycles. The molecule has 0 unspecified atom stereocenters. The average molecular weight is 457 g/mol. The zero-order chi connectivity index (χ0) is 20.4. The number of anilines is 2. The van der Waals surface area contributed by atoms with Crippen LogP contribution in [0.2, 0.25) is 0 Å². The molecular formula is C24H29BrN2O2. The summed E-state index contributed by atoms with van der Waals surface area (Å²) >= 11 is 3.64. The van der Waals surface area contributed by atoms with Crippen LogP contribution in [-0.4, -0.2) is 42.2 Å². The molecule has 0 spiro atoms. The first-order valence-electron chi connectivity index (χ1n) is 10.6. The van der Waals surface area contributed by atoms with E-state index in [1.165, 1.54) is 28.1 Å². The van der Waals surface area contributed by atoms with Gasteiger partial charge in [0.25, 0.3) is 0 Å². The van der Waals surface area contributed by atoms with Gasteiger partial charge in [-0.3, -0.25) is 4.79 Å². The average Bonchev–Trinajstić information content (AvgIpc) is 2.85. The first kappa shape index (κ1) is 20.4. The van der Waals surface area contributed by atoms with Gasteiger partial charge in [-0.2, -0.15) is 0 Å². The van der Waals surface area contributed by atoms with Crippen LogP contribution in [0.4, 0.5) is 11.4 Å². The molecule has 2 aliphatic rings. The van der Waals surface area contributed by atoms with Crippen LogP contribution >= 0.6 is 15.9 Å². The van der Waals surface area contributed by atoms with Gasteiger partial charge in [0, 0.05) is 22.4 Å². The molecule has 0 saturated carbocycles. The Balaban J connectivity index is 1.48. The number of hydrogen-bond acceptors (Lipinski definition) is 3. The number of aliphatic carboxylic acids is 1. The first-order valence-corrected chi connectivity index (χ1v) is 11.4. The Kier molecular flexibility index (Phi) is 6.26. The van der Waals surface area contributed by atoms with Crippen molar-refractivity contribution in [3.8, 4) is 0 Å². The summed E-state index contributed by atoms with van der Waals surface area (Å²) in [4.78, 5) is 16.1. The summed E-state index contributed by atoms with van der Waals surface area (Å²) in [5, 5.41) is 9.19. The SMILES string of the molecule is Cc1ccc2c(c1)CCc1cc(Br)ccc1N2CCCN1CCC(C(=O)O)CC1. The number of carbonyl (C=O) groups is 1. The Bertz CT molecular complexity index is 837. The molecule has 5 heteroatoms. The fourth-order valence-electron chi connectivity index (χ4n) is 4.69. The van der Waals surface area contributed by atoms with Crippen molar-refractivity contribution in [1.82, 2.24) is 4.90 Å². The van der Waals surface area contributed by atoms with Gasteiger partial charge in [0.1, 0.15) is 0 Å². The van der Waals surface area contributed by atoms with E-state index >= 15 is 0 Å². The Morgan fingerprint density at radius 3 is 2.38 bits per heavy atom. The summed E-state index contributed by atoms with van der Waals surface area (Å²) < 4.78 is 1.14. The molecule has 0 amide bonds. The number of likely N-dealkylation sites (tertiary alicyclic amines) is 1. The van der Waals surface area contributed by atoms with Crippen LogP contribution < -0.4 is 4.90 Å². The molecule has 0 radical (unpaired) electrons. The van der Waals surface area contributed by atoms with Crippen molar-refractivity contribution in [2.45, 2.75) is 39.0 Å². The topological polar surface area (TPSA) is 43.8 Å². The van der Waals surface area contributed by atoms with Crippen LogP contribution in [-0.2, 0) is 17.6 Å². The third kappa shape index (κ3) is 4.67. The highest BCUT2D eigenvalue weighted by Gasteiger charge is 2.25. The Labute approximate surface area is 181 Å². The Hall–Kier alpha value is -1.85. The van der Waals surface area contributed by atoms with E-state index in [1.54, 1.807) is 0 Å². The minimum atomic E-state index is -0.635. The molecule has 2 aromatic rings. The highest BCUT2D eigenvalue weighted by molar-refractivity contribution is 9.10. The normalized spacial score (nSPS) is 17.5. The lowest BCUT2D eigenvalue weighted by molar-refractivity contribution is -0.143. The zero-order valence-corrected chi connectivity index (χ0v) is 18.6. The Morgan fingerprint density at radius 2 is 1.69 bits per heavy atom. The largest absolute Gasteiger partial charge is 0.481 e. The fourth-order valence-corrected chi connectivity index (χ4v) is 5.10. The second-order valence-corrected chi connectivity index (χ2v) is 9.28. The number of hydrogen-bond donors (Lipinski definition) is 1. The van der Waals surface area contributed by atoms with E-state index < -0.39 is 5.97 Å². The number of benzene rings is 2. The maximum absolute atomic E-state index is 11.2. The molecule has 4 rings (SSSR count). The smallest absolute Gasteiger partial charge is 0.306 e. The second-order valence-electron chi connectivity index (χ2n) is 8.36. The van der Waals surface area contributed by atoms with E-state index in [2.05, 4.69) is 69.1 Å². The van der Waals surface area contributed by atoms with E-state index in [1.807, 2.05) is 0 Å². The highest BCUT2D eigenvalue weighted by atomic mass is 79.9. The van der Waals surface area contributed by atoms with Crippen LogP contribution in [0.3, 0.4) is 0 Å². The highest BCUT2D eigenvalue weighted by Crippen LogP contribution is 2.37. The first-order chi connectivity index (χ1) is 14.0. The molecule has 2 aliphatic heterocycles. The molecular weight excluding hydrogens is 428 g/mol. The van der Waals surface area contributed by atoms with Gasteiger partial charge in [0.05, 0.1) is 5.92 Å². The fraction of sp³-hybridized carbons (Fsp3) is 0.458. The Morgan fingerprint density at radius 1 is 1.03 bits per heavy atom. The number of piperidine rings is 1. The van der Waals surface area contributed by atoms with Crippen molar-refractivity contribution in [3.05, 3.63) is 57.6 Å². The number of fused-ring (bicyclic) bond motifs is 2. The van der Waals surface area contributed by atoms with Crippen LogP contribution in [0.1, 0.15) is 36.0 Å². The molecule has 1 N–H and O–H groups in total. The molecule has 0 bridgehead atoms. The summed E-state index contributed by atoms with van der Waals surface area (Å²) in [6.45, 7) is 5.96. The van der Waals surface area contributed by atoms with Gasteiger partial charge in [-0.1, -0.05) is 33.6 Å². The molecule has 1 fully saturated rings. The van der Waals surface area contributed by atoms with Gasteiger partial charge in [0.2, 0.25) is 0 Å². The number of carboxylic acids is 1. The second kappa shape index (κ2) is 8.88. The molecule has 0 aromatic heterocycles. The maximum atomic E-state index is 11.2. The molecule has 4 nitrogen and oxygen atoms in total. The number of nitrogens with zero attached hydrogens (tertiary/aromatic N) is 2.